The van der Waals surface area contributed by atoms with Gasteiger partial charge in [-0.3, -0.25) is 19.3 Å². The van der Waals surface area contributed by atoms with Crippen molar-refractivity contribution in [3.05, 3.63) is 70.2 Å². The highest BCUT2D eigenvalue weighted by Gasteiger charge is 2.35. The largest absolute Gasteiger partial charge is 0.344 e. The number of hydrazine groups is 1. The zero-order valence-corrected chi connectivity index (χ0v) is 28.7. The van der Waals surface area contributed by atoms with Crippen LogP contribution in [-0.4, -0.2) is 114 Å². The molecule has 2 saturated heterocycles. The minimum Gasteiger partial charge on any atom is -0.344 e. The molecule has 2 unspecified atom stereocenters. The minimum atomic E-state index is -0.660. The molecule has 3 aliphatic heterocycles. The first-order chi connectivity index (χ1) is 22.1. The first-order valence-electron chi connectivity index (χ1n) is 17.0. The van der Waals surface area contributed by atoms with E-state index in [1.807, 2.05) is 40.1 Å². The van der Waals surface area contributed by atoms with Gasteiger partial charge in [-0.1, -0.05) is 61.8 Å². The maximum absolute atomic E-state index is 14.1. The van der Waals surface area contributed by atoms with Crippen molar-refractivity contribution in [3.63, 3.8) is 0 Å². The number of likely N-dealkylation sites (tertiary alicyclic amines) is 1. The Balaban J connectivity index is 1.25. The van der Waals surface area contributed by atoms with Gasteiger partial charge >= 0.3 is 0 Å². The lowest BCUT2D eigenvalue weighted by atomic mass is 9.91. The molecule has 0 aromatic heterocycles. The third kappa shape index (κ3) is 8.68. The number of nitrogens with zero attached hydrogens (tertiary/aromatic N) is 5. The van der Waals surface area contributed by atoms with Gasteiger partial charge < -0.3 is 15.1 Å². The van der Waals surface area contributed by atoms with Crippen molar-refractivity contribution in [2.24, 2.45) is 5.92 Å². The van der Waals surface area contributed by atoms with Crippen molar-refractivity contribution in [3.8, 4) is 0 Å². The maximum atomic E-state index is 14.1. The number of amides is 3. The molecular formula is C36H51ClN6O3. The Bertz CT molecular complexity index is 1340. The third-order valence-corrected chi connectivity index (χ3v) is 10.1. The number of piperidine rings is 1. The number of rotatable bonds is 10. The molecule has 250 valence electrons. The second kappa shape index (κ2) is 15.7. The molecule has 2 aromatic carbocycles. The van der Waals surface area contributed by atoms with Crippen LogP contribution < -0.4 is 5.32 Å². The molecule has 10 heteroatoms. The molecule has 5 rings (SSSR count). The van der Waals surface area contributed by atoms with Crippen molar-refractivity contribution >= 4 is 29.3 Å². The molecule has 1 N–H and O–H groups in total. The molecule has 46 heavy (non-hydrogen) atoms. The van der Waals surface area contributed by atoms with Gasteiger partial charge in [0.25, 0.3) is 0 Å². The van der Waals surface area contributed by atoms with Crippen LogP contribution in [0.2, 0.25) is 5.02 Å². The first-order valence-corrected chi connectivity index (χ1v) is 17.3. The fourth-order valence-electron chi connectivity index (χ4n) is 7.27. The van der Waals surface area contributed by atoms with Crippen molar-refractivity contribution in [2.45, 2.75) is 71.0 Å². The van der Waals surface area contributed by atoms with Crippen LogP contribution in [-0.2, 0) is 27.2 Å². The monoisotopic (exact) mass is 650 g/mol. The van der Waals surface area contributed by atoms with Gasteiger partial charge in [0.05, 0.1) is 0 Å². The Kier molecular flexibility index (Phi) is 11.8. The first kappa shape index (κ1) is 34.4. The maximum Gasteiger partial charge on any atom is 0.245 e. The predicted molar refractivity (Wildman–Crippen MR) is 182 cm³/mol. The zero-order valence-electron chi connectivity index (χ0n) is 28.0. The van der Waals surface area contributed by atoms with E-state index in [0.717, 1.165) is 64.1 Å². The summed E-state index contributed by atoms with van der Waals surface area (Å²) in [5.41, 5.74) is 3.45. The van der Waals surface area contributed by atoms with E-state index in [0.29, 0.717) is 42.9 Å². The van der Waals surface area contributed by atoms with E-state index in [1.54, 1.807) is 6.92 Å². The molecule has 2 aromatic rings. The summed E-state index contributed by atoms with van der Waals surface area (Å²) < 4.78 is 0. The lowest BCUT2D eigenvalue weighted by Gasteiger charge is -2.47. The average Bonchev–Trinajstić information content (AvgIpc) is 3.05. The highest BCUT2D eigenvalue weighted by molar-refractivity contribution is 6.30. The predicted octanol–water partition coefficient (Wildman–Crippen LogP) is 4.01. The number of halogens is 1. The molecule has 0 bridgehead atoms. The van der Waals surface area contributed by atoms with Gasteiger partial charge in [-0.15, -0.1) is 0 Å². The normalized spacial score (nSPS) is 20.5. The Morgan fingerprint density at radius 2 is 1.59 bits per heavy atom. The van der Waals surface area contributed by atoms with Crippen LogP contribution in [0.5, 0.6) is 0 Å². The lowest BCUT2D eigenvalue weighted by molar-refractivity contribution is -0.146. The Labute approximate surface area is 279 Å². The zero-order chi connectivity index (χ0) is 32.8. The molecular weight excluding hydrogens is 600 g/mol. The van der Waals surface area contributed by atoms with Gasteiger partial charge in [-0.2, -0.15) is 0 Å². The number of benzene rings is 2. The topological polar surface area (TPSA) is 79.4 Å². The number of hydrogen-bond donors (Lipinski definition) is 1. The van der Waals surface area contributed by atoms with Gasteiger partial charge in [0, 0.05) is 89.2 Å². The number of carbonyl (C=O) groups is 3. The number of carbonyl (C=O) groups excluding carboxylic acids is 3. The SMILES string of the molecule is CC(=O)N1CCC(N(CC(C)C)N2CCN(C(=O)C(Cc3ccc(Cl)cc3)NC(=O)CC3c4ccccc4CCN3C)CC2)CC1. The van der Waals surface area contributed by atoms with E-state index in [-0.39, 0.29) is 23.8 Å². The second-order valence-corrected chi connectivity index (χ2v) is 14.1. The number of likely N-dealkylation sites (N-methyl/N-ethyl adjacent to an activating group) is 1. The van der Waals surface area contributed by atoms with Crippen LogP contribution in [0.25, 0.3) is 0 Å². The summed E-state index contributed by atoms with van der Waals surface area (Å²) in [6.07, 6.45) is 3.61. The molecule has 2 atom stereocenters. The van der Waals surface area contributed by atoms with E-state index < -0.39 is 6.04 Å². The summed E-state index contributed by atoms with van der Waals surface area (Å²) in [6, 6.07) is 15.6. The summed E-state index contributed by atoms with van der Waals surface area (Å²) in [6.45, 7) is 12.3. The Morgan fingerprint density at radius 1 is 0.913 bits per heavy atom. The molecule has 3 amide bonds. The van der Waals surface area contributed by atoms with E-state index >= 15 is 0 Å². The van der Waals surface area contributed by atoms with Crippen molar-refractivity contribution in [2.75, 3.05) is 59.4 Å². The van der Waals surface area contributed by atoms with Crippen molar-refractivity contribution < 1.29 is 14.4 Å². The standard InChI is InChI=1S/C36H51ClN6O3/c1-26(2)25-43(31-14-17-40(18-15-31)27(3)44)42-21-19-41(20-22-42)36(46)33(23-28-9-11-30(37)12-10-28)38-35(45)24-34-32-8-6-5-7-29(32)13-16-39(34)4/h5-12,26,31,33-34H,13-25H2,1-4H3,(H,38,45). The lowest BCUT2D eigenvalue weighted by Crippen LogP contribution is -2.61. The van der Waals surface area contributed by atoms with Crippen molar-refractivity contribution in [1.82, 2.24) is 30.0 Å². The molecule has 0 radical (unpaired) electrons. The molecule has 3 heterocycles. The quantitative estimate of drug-likeness (QED) is 0.419. The molecule has 2 fully saturated rings. The van der Waals surface area contributed by atoms with Crippen molar-refractivity contribution in [1.29, 1.82) is 0 Å². The van der Waals surface area contributed by atoms with E-state index in [9.17, 15) is 14.4 Å². The highest BCUT2D eigenvalue weighted by Crippen LogP contribution is 2.31. The Hall–Kier alpha value is -2.98. The van der Waals surface area contributed by atoms with Crippen LogP contribution >= 0.6 is 11.6 Å². The van der Waals surface area contributed by atoms with Crippen LogP contribution in [0, 0.1) is 5.92 Å². The van der Waals surface area contributed by atoms with E-state index in [1.165, 1.54) is 11.1 Å². The summed E-state index contributed by atoms with van der Waals surface area (Å²) in [7, 11) is 2.07. The molecule has 3 aliphatic rings. The molecule has 0 aliphatic carbocycles. The number of hydrogen-bond acceptors (Lipinski definition) is 6. The highest BCUT2D eigenvalue weighted by atomic mass is 35.5. The van der Waals surface area contributed by atoms with E-state index in [2.05, 4.69) is 59.3 Å². The van der Waals surface area contributed by atoms with Gasteiger partial charge in [0.1, 0.15) is 6.04 Å². The summed E-state index contributed by atoms with van der Waals surface area (Å²) in [4.78, 5) is 45.8. The molecule has 0 spiro atoms. The number of fused-ring (bicyclic) bond motifs is 1. The summed E-state index contributed by atoms with van der Waals surface area (Å²) >= 11 is 6.15. The van der Waals surface area contributed by atoms with Gasteiger partial charge in [0.15, 0.2) is 0 Å². The van der Waals surface area contributed by atoms with E-state index in [4.69, 9.17) is 11.6 Å². The number of piperazine rings is 1. The van der Waals surface area contributed by atoms with Gasteiger partial charge in [-0.25, -0.2) is 10.0 Å². The Morgan fingerprint density at radius 3 is 2.24 bits per heavy atom. The molecule has 9 nitrogen and oxygen atoms in total. The van der Waals surface area contributed by atoms with Crippen LogP contribution in [0.4, 0.5) is 0 Å². The van der Waals surface area contributed by atoms with Crippen LogP contribution in [0.3, 0.4) is 0 Å². The fraction of sp³-hybridized carbons (Fsp3) is 0.583. The summed E-state index contributed by atoms with van der Waals surface area (Å²) in [5.74, 6) is 0.501. The average molecular weight is 651 g/mol. The third-order valence-electron chi connectivity index (χ3n) is 9.86. The van der Waals surface area contributed by atoms with Gasteiger partial charge in [-0.05, 0) is 61.1 Å². The fourth-order valence-corrected chi connectivity index (χ4v) is 7.40. The van der Waals surface area contributed by atoms with Crippen LogP contribution in [0.1, 0.15) is 62.8 Å². The van der Waals surface area contributed by atoms with Gasteiger partial charge in [0.2, 0.25) is 17.7 Å². The summed E-state index contributed by atoms with van der Waals surface area (Å²) in [5, 5.41) is 8.72. The smallest absolute Gasteiger partial charge is 0.245 e. The number of nitrogens with one attached hydrogen (secondary N) is 1. The second-order valence-electron chi connectivity index (χ2n) is 13.6. The minimum absolute atomic E-state index is 0.0194. The molecule has 0 saturated carbocycles. The van der Waals surface area contributed by atoms with Crippen LogP contribution in [0.15, 0.2) is 48.5 Å².